The van der Waals surface area contributed by atoms with Crippen molar-refractivity contribution in [3.63, 3.8) is 0 Å². The molecular formula is C16H11Cl2F2N7S. The molecule has 3 heterocycles. The summed E-state index contributed by atoms with van der Waals surface area (Å²) in [5.41, 5.74) is 0.957. The molecule has 3 aromatic heterocycles. The molecule has 0 saturated carbocycles. The summed E-state index contributed by atoms with van der Waals surface area (Å²) in [4.78, 5) is 0. The molecule has 4 aromatic rings. The summed E-state index contributed by atoms with van der Waals surface area (Å²) in [6, 6.07) is 8.50. The molecule has 0 unspecified atom stereocenters. The number of alkyl halides is 2. The Kier molecular flexibility index (Phi) is 5.25. The Morgan fingerprint density at radius 3 is 2.64 bits per heavy atom. The number of hydrogen-bond donors (Lipinski definition) is 1. The number of nitrogens with one attached hydrogen (secondary N) is 1. The minimum absolute atomic E-state index is 0.194. The molecule has 144 valence electrons. The molecule has 0 fully saturated rings. The van der Waals surface area contributed by atoms with Crippen LogP contribution in [0.3, 0.4) is 0 Å². The van der Waals surface area contributed by atoms with Crippen LogP contribution in [0.1, 0.15) is 12.1 Å². The third-order valence-corrected chi connectivity index (χ3v) is 5.33. The second-order valence-electron chi connectivity index (χ2n) is 5.57. The van der Waals surface area contributed by atoms with Crippen LogP contribution in [0, 0.1) is 0 Å². The maximum absolute atomic E-state index is 12.9. The first kappa shape index (κ1) is 18.8. The molecule has 0 aliphatic heterocycles. The van der Waals surface area contributed by atoms with Gasteiger partial charge in [0.2, 0.25) is 5.13 Å². The average Bonchev–Trinajstić information content (AvgIpc) is 3.39. The third-order valence-electron chi connectivity index (χ3n) is 3.76. The van der Waals surface area contributed by atoms with E-state index >= 15 is 0 Å². The molecular weight excluding hydrogens is 431 g/mol. The van der Waals surface area contributed by atoms with Gasteiger partial charge in [-0.1, -0.05) is 40.6 Å². The number of anilines is 2. The van der Waals surface area contributed by atoms with Crippen LogP contribution < -0.4 is 5.32 Å². The van der Waals surface area contributed by atoms with Gasteiger partial charge in [0.25, 0.3) is 0 Å². The summed E-state index contributed by atoms with van der Waals surface area (Å²) in [5, 5.41) is 20.7. The van der Waals surface area contributed by atoms with Gasteiger partial charge in [-0.15, -0.1) is 10.2 Å². The molecule has 4 rings (SSSR count). The molecule has 28 heavy (non-hydrogen) atoms. The minimum Gasteiger partial charge on any atom is -0.313 e. The van der Waals surface area contributed by atoms with Crippen molar-refractivity contribution in [2.45, 2.75) is 13.1 Å². The molecule has 0 amide bonds. The highest BCUT2D eigenvalue weighted by Gasteiger charge is 2.17. The van der Waals surface area contributed by atoms with Gasteiger partial charge in [-0.05, 0) is 18.2 Å². The molecule has 0 aliphatic rings. The second kappa shape index (κ2) is 7.82. The summed E-state index contributed by atoms with van der Waals surface area (Å²) in [6.07, 6.45) is 3.05. The number of benzene rings is 1. The molecule has 0 atom stereocenters. The zero-order valence-electron chi connectivity index (χ0n) is 13.9. The van der Waals surface area contributed by atoms with Gasteiger partial charge in [0.1, 0.15) is 5.69 Å². The molecule has 1 N–H and O–H groups in total. The van der Waals surface area contributed by atoms with E-state index in [1.54, 1.807) is 35.1 Å². The predicted molar refractivity (Wildman–Crippen MR) is 103 cm³/mol. The maximum atomic E-state index is 12.9. The highest BCUT2D eigenvalue weighted by Crippen LogP contribution is 2.30. The van der Waals surface area contributed by atoms with Crippen LogP contribution in [-0.4, -0.2) is 29.8 Å². The van der Waals surface area contributed by atoms with Crippen molar-refractivity contribution in [1.29, 1.82) is 0 Å². The van der Waals surface area contributed by atoms with Crippen LogP contribution in [0.2, 0.25) is 10.0 Å². The summed E-state index contributed by atoms with van der Waals surface area (Å²) >= 11 is 13.5. The number of rotatable bonds is 6. The highest BCUT2D eigenvalue weighted by molar-refractivity contribution is 7.18. The monoisotopic (exact) mass is 441 g/mol. The van der Waals surface area contributed by atoms with Crippen molar-refractivity contribution < 1.29 is 8.78 Å². The van der Waals surface area contributed by atoms with Gasteiger partial charge in [-0.3, -0.25) is 4.68 Å². The number of aromatic nitrogens is 6. The Labute approximate surface area is 171 Å². The van der Waals surface area contributed by atoms with E-state index in [9.17, 15) is 8.78 Å². The predicted octanol–water partition coefficient (Wildman–Crippen LogP) is 5.09. The first-order valence-corrected chi connectivity index (χ1v) is 9.47. The Bertz CT molecular complexity index is 1090. The molecule has 0 radical (unpaired) electrons. The topological polar surface area (TPSA) is 73.5 Å². The van der Waals surface area contributed by atoms with Crippen molar-refractivity contribution >= 4 is 45.5 Å². The van der Waals surface area contributed by atoms with Crippen LogP contribution in [0.25, 0.3) is 10.7 Å². The van der Waals surface area contributed by atoms with Gasteiger partial charge in [-0.2, -0.15) is 19.0 Å². The van der Waals surface area contributed by atoms with Crippen molar-refractivity contribution in [3.8, 4) is 10.7 Å². The summed E-state index contributed by atoms with van der Waals surface area (Å²) in [6.45, 7) is -2.35. The molecule has 12 heteroatoms. The first-order chi connectivity index (χ1) is 13.5. The Hall–Kier alpha value is -2.56. The van der Waals surface area contributed by atoms with E-state index in [2.05, 4.69) is 25.7 Å². The van der Waals surface area contributed by atoms with Crippen LogP contribution in [0.5, 0.6) is 0 Å². The molecule has 0 spiro atoms. The van der Waals surface area contributed by atoms with Crippen LogP contribution in [0.15, 0.2) is 42.7 Å². The summed E-state index contributed by atoms with van der Waals surface area (Å²) < 4.78 is 28.2. The van der Waals surface area contributed by atoms with E-state index in [-0.39, 0.29) is 5.69 Å². The Balaban J connectivity index is 1.49. The number of nitrogens with zero attached hydrogens (tertiary/aromatic N) is 6. The largest absolute Gasteiger partial charge is 0.333 e. The number of hydrogen-bond acceptors (Lipinski definition) is 6. The Morgan fingerprint density at radius 2 is 1.89 bits per heavy atom. The fourth-order valence-corrected chi connectivity index (χ4v) is 3.77. The SMILES string of the molecule is FC(F)n1nccc1-c1nnc(Nc2ccn(Cc3c(Cl)cccc3Cl)n2)s1. The fourth-order valence-electron chi connectivity index (χ4n) is 2.49. The summed E-state index contributed by atoms with van der Waals surface area (Å²) in [7, 11) is 0. The lowest BCUT2D eigenvalue weighted by Gasteiger charge is -2.06. The van der Waals surface area contributed by atoms with Gasteiger partial charge < -0.3 is 5.32 Å². The van der Waals surface area contributed by atoms with Gasteiger partial charge in [-0.25, -0.2) is 4.68 Å². The normalized spacial score (nSPS) is 11.3. The van der Waals surface area contributed by atoms with Crippen LogP contribution in [-0.2, 0) is 6.54 Å². The molecule has 0 saturated heterocycles. The van der Waals surface area contributed by atoms with E-state index in [4.69, 9.17) is 23.2 Å². The zero-order valence-corrected chi connectivity index (χ0v) is 16.3. The standard InChI is InChI=1S/C16H11Cl2F2N7S/c17-10-2-1-3-11(18)9(10)8-26-7-5-13(25-26)22-16-24-23-14(28-16)12-4-6-21-27(12)15(19)20/h1-7,15H,8H2,(H,22,24,25). The van der Waals surface area contributed by atoms with E-state index in [1.165, 1.54) is 12.3 Å². The van der Waals surface area contributed by atoms with E-state index in [1.807, 2.05) is 0 Å². The van der Waals surface area contributed by atoms with Gasteiger partial charge >= 0.3 is 6.55 Å². The van der Waals surface area contributed by atoms with Gasteiger partial charge in [0, 0.05) is 34.1 Å². The molecule has 0 aliphatic carbocycles. The fraction of sp³-hybridized carbons (Fsp3) is 0.125. The van der Waals surface area contributed by atoms with Crippen molar-refractivity contribution in [1.82, 2.24) is 29.8 Å². The van der Waals surface area contributed by atoms with Gasteiger partial charge in [0.05, 0.1) is 6.54 Å². The van der Waals surface area contributed by atoms with Crippen molar-refractivity contribution in [3.05, 3.63) is 58.3 Å². The minimum atomic E-state index is -2.75. The lowest BCUT2D eigenvalue weighted by molar-refractivity contribution is 0.0585. The van der Waals surface area contributed by atoms with Crippen LogP contribution >= 0.6 is 34.5 Å². The van der Waals surface area contributed by atoms with E-state index in [0.717, 1.165) is 16.9 Å². The maximum Gasteiger partial charge on any atom is 0.333 e. The van der Waals surface area contributed by atoms with Gasteiger partial charge in [0.15, 0.2) is 10.8 Å². The lowest BCUT2D eigenvalue weighted by atomic mass is 10.2. The first-order valence-electron chi connectivity index (χ1n) is 7.90. The Morgan fingerprint density at radius 1 is 1.11 bits per heavy atom. The van der Waals surface area contributed by atoms with Crippen LogP contribution in [0.4, 0.5) is 19.7 Å². The molecule has 0 bridgehead atoms. The second-order valence-corrected chi connectivity index (χ2v) is 7.37. The molecule has 1 aromatic carbocycles. The van der Waals surface area contributed by atoms with Crippen molar-refractivity contribution in [2.24, 2.45) is 0 Å². The lowest BCUT2D eigenvalue weighted by Crippen LogP contribution is -2.02. The quantitative estimate of drug-likeness (QED) is 0.450. The highest BCUT2D eigenvalue weighted by atomic mass is 35.5. The molecule has 7 nitrogen and oxygen atoms in total. The number of halogens is 4. The van der Waals surface area contributed by atoms with E-state index < -0.39 is 6.55 Å². The van der Waals surface area contributed by atoms with Crippen molar-refractivity contribution in [2.75, 3.05) is 5.32 Å². The average molecular weight is 442 g/mol. The zero-order chi connectivity index (χ0) is 19.7. The summed E-state index contributed by atoms with van der Waals surface area (Å²) in [5.74, 6) is 0.522. The smallest absolute Gasteiger partial charge is 0.313 e. The third kappa shape index (κ3) is 3.84. The van der Waals surface area contributed by atoms with E-state index in [0.29, 0.717) is 37.2 Å².